The highest BCUT2D eigenvalue weighted by molar-refractivity contribution is 7.90. The smallest absolute Gasteiger partial charge is 0.354 e. The zero-order valence-corrected chi connectivity index (χ0v) is 11.1. The number of carboxylic acid groups (broad SMARTS) is 1. The van der Waals surface area contributed by atoms with Gasteiger partial charge < -0.3 is 5.11 Å². The van der Waals surface area contributed by atoms with Crippen LogP contribution in [0.2, 0.25) is 0 Å². The van der Waals surface area contributed by atoms with Crippen molar-refractivity contribution in [3.8, 4) is 0 Å². The second kappa shape index (κ2) is 4.91. The molecule has 0 saturated carbocycles. The average Bonchev–Trinajstić information content (AvgIpc) is 2.13. The lowest BCUT2D eigenvalue weighted by Crippen LogP contribution is -2.43. The van der Waals surface area contributed by atoms with Crippen LogP contribution in [0, 0.1) is 0 Å². The summed E-state index contributed by atoms with van der Waals surface area (Å²) in [5, 5.41) is 8.65. The van der Waals surface area contributed by atoms with E-state index in [1.807, 2.05) is 0 Å². The Balaban J connectivity index is 2.82. The summed E-state index contributed by atoms with van der Waals surface area (Å²) in [5.74, 6) is -1.17. The van der Waals surface area contributed by atoms with Crippen LogP contribution in [0.15, 0.2) is 18.3 Å². The van der Waals surface area contributed by atoms with Crippen LogP contribution in [0.25, 0.3) is 0 Å². The summed E-state index contributed by atoms with van der Waals surface area (Å²) in [6, 6.07) is 2.55. The van der Waals surface area contributed by atoms with E-state index in [1.54, 1.807) is 20.8 Å². The summed E-state index contributed by atoms with van der Waals surface area (Å²) >= 11 is 0. The Morgan fingerprint density at radius 2 is 1.94 bits per heavy atom. The van der Waals surface area contributed by atoms with Gasteiger partial charge in [0.05, 0.1) is 11.9 Å². The molecule has 1 aromatic rings. The van der Waals surface area contributed by atoms with Crippen molar-refractivity contribution in [1.29, 1.82) is 0 Å². The first-order chi connectivity index (χ1) is 8.09. The summed E-state index contributed by atoms with van der Waals surface area (Å²) < 4.78 is 28.0. The van der Waals surface area contributed by atoms with E-state index < -0.39 is 21.7 Å². The molecule has 0 atom stereocenters. The monoisotopic (exact) mass is 273 g/mol. The molecular formula is C10H15N3O4S. The van der Waals surface area contributed by atoms with Crippen LogP contribution in [0.4, 0.5) is 5.69 Å². The van der Waals surface area contributed by atoms with Crippen molar-refractivity contribution >= 4 is 21.9 Å². The Morgan fingerprint density at radius 1 is 1.33 bits per heavy atom. The molecule has 0 unspecified atom stereocenters. The van der Waals surface area contributed by atoms with Gasteiger partial charge in [0, 0.05) is 5.54 Å². The van der Waals surface area contributed by atoms with Gasteiger partial charge in [-0.25, -0.2) is 9.78 Å². The van der Waals surface area contributed by atoms with Crippen LogP contribution in [0.3, 0.4) is 0 Å². The van der Waals surface area contributed by atoms with Gasteiger partial charge in [0.2, 0.25) is 0 Å². The SMILES string of the molecule is CC(C)(C)NS(=O)(=O)Nc1ccc(C(=O)O)nc1. The molecule has 0 aromatic carbocycles. The van der Waals surface area contributed by atoms with Crippen molar-refractivity contribution in [3.63, 3.8) is 0 Å². The number of nitrogens with zero attached hydrogens (tertiary/aromatic N) is 1. The largest absolute Gasteiger partial charge is 0.477 e. The van der Waals surface area contributed by atoms with Gasteiger partial charge in [-0.05, 0) is 32.9 Å². The highest BCUT2D eigenvalue weighted by atomic mass is 32.2. The molecule has 7 nitrogen and oxygen atoms in total. The molecule has 0 aliphatic rings. The summed E-state index contributed by atoms with van der Waals surface area (Å²) in [4.78, 5) is 14.2. The number of rotatable bonds is 4. The number of pyridine rings is 1. The first-order valence-corrected chi connectivity index (χ1v) is 6.58. The Kier molecular flexibility index (Phi) is 3.92. The summed E-state index contributed by atoms with van der Waals surface area (Å²) in [7, 11) is -3.71. The van der Waals surface area contributed by atoms with Gasteiger partial charge in [-0.1, -0.05) is 0 Å². The van der Waals surface area contributed by atoms with Gasteiger partial charge in [0.25, 0.3) is 10.2 Å². The topological polar surface area (TPSA) is 108 Å². The van der Waals surface area contributed by atoms with Crippen LogP contribution >= 0.6 is 0 Å². The molecule has 0 bridgehead atoms. The molecule has 0 aliphatic carbocycles. The molecule has 1 aromatic heterocycles. The molecule has 0 radical (unpaired) electrons. The van der Waals surface area contributed by atoms with Gasteiger partial charge in [0.1, 0.15) is 5.69 Å². The Hall–Kier alpha value is -1.67. The summed E-state index contributed by atoms with van der Waals surface area (Å²) in [6.07, 6.45) is 1.14. The van der Waals surface area contributed by atoms with Gasteiger partial charge >= 0.3 is 5.97 Å². The van der Waals surface area contributed by atoms with Gasteiger partial charge in [-0.2, -0.15) is 13.1 Å². The Morgan fingerprint density at radius 3 is 2.33 bits per heavy atom. The van der Waals surface area contributed by atoms with Crippen molar-refractivity contribution in [2.45, 2.75) is 26.3 Å². The fourth-order valence-electron chi connectivity index (χ4n) is 1.16. The fourth-order valence-corrected chi connectivity index (χ4v) is 2.45. The maximum Gasteiger partial charge on any atom is 0.354 e. The normalized spacial score (nSPS) is 12.2. The van der Waals surface area contributed by atoms with Crippen LogP contribution in [0.5, 0.6) is 0 Å². The zero-order valence-electron chi connectivity index (χ0n) is 10.3. The van der Waals surface area contributed by atoms with E-state index in [4.69, 9.17) is 5.11 Å². The van der Waals surface area contributed by atoms with E-state index in [-0.39, 0.29) is 11.4 Å². The molecule has 1 heterocycles. The maximum absolute atomic E-state index is 11.7. The third-order valence-electron chi connectivity index (χ3n) is 1.68. The average molecular weight is 273 g/mol. The van der Waals surface area contributed by atoms with E-state index in [1.165, 1.54) is 12.1 Å². The third kappa shape index (κ3) is 4.68. The molecule has 100 valence electrons. The van der Waals surface area contributed by atoms with E-state index in [0.717, 1.165) is 6.20 Å². The fraction of sp³-hybridized carbons (Fsp3) is 0.400. The number of hydrogen-bond acceptors (Lipinski definition) is 4. The Labute approximate surface area is 105 Å². The lowest BCUT2D eigenvalue weighted by molar-refractivity contribution is 0.0690. The number of anilines is 1. The number of aromatic nitrogens is 1. The van der Waals surface area contributed by atoms with Crippen molar-refractivity contribution in [2.24, 2.45) is 0 Å². The van der Waals surface area contributed by atoms with Crippen molar-refractivity contribution in [2.75, 3.05) is 4.72 Å². The highest BCUT2D eigenvalue weighted by Crippen LogP contribution is 2.09. The minimum Gasteiger partial charge on any atom is -0.477 e. The number of carbonyl (C=O) groups is 1. The number of nitrogens with one attached hydrogen (secondary N) is 2. The van der Waals surface area contributed by atoms with Crippen LogP contribution in [0.1, 0.15) is 31.3 Å². The molecule has 0 amide bonds. The van der Waals surface area contributed by atoms with Crippen LogP contribution in [-0.4, -0.2) is 30.0 Å². The molecule has 18 heavy (non-hydrogen) atoms. The standard InChI is InChI=1S/C10H15N3O4S/c1-10(2,3)13-18(16,17)12-7-4-5-8(9(14)15)11-6-7/h4-6,12-13H,1-3H3,(H,14,15). The predicted octanol–water partition coefficient (Wildman–Crippen LogP) is 0.825. The van der Waals surface area contributed by atoms with Gasteiger partial charge in [0.15, 0.2) is 0 Å². The second-order valence-electron chi connectivity index (χ2n) is 4.69. The number of carboxylic acids is 1. The van der Waals surface area contributed by atoms with Crippen molar-refractivity contribution < 1.29 is 18.3 Å². The molecule has 0 spiro atoms. The zero-order chi connectivity index (χ0) is 14.0. The van der Waals surface area contributed by atoms with E-state index in [0.29, 0.717) is 0 Å². The maximum atomic E-state index is 11.7. The molecule has 3 N–H and O–H groups in total. The summed E-state index contributed by atoms with van der Waals surface area (Å²) in [5.41, 5.74) is -0.571. The van der Waals surface area contributed by atoms with Crippen molar-refractivity contribution in [1.82, 2.24) is 9.71 Å². The van der Waals surface area contributed by atoms with E-state index in [2.05, 4.69) is 14.4 Å². The number of hydrogen-bond donors (Lipinski definition) is 3. The third-order valence-corrected chi connectivity index (χ3v) is 3.06. The van der Waals surface area contributed by atoms with Gasteiger partial charge in [-0.3, -0.25) is 4.72 Å². The quantitative estimate of drug-likeness (QED) is 0.752. The van der Waals surface area contributed by atoms with Crippen LogP contribution in [-0.2, 0) is 10.2 Å². The molecule has 0 aliphatic heterocycles. The first kappa shape index (κ1) is 14.4. The predicted molar refractivity (Wildman–Crippen MR) is 66.6 cm³/mol. The van der Waals surface area contributed by atoms with E-state index in [9.17, 15) is 13.2 Å². The highest BCUT2D eigenvalue weighted by Gasteiger charge is 2.19. The molecule has 8 heteroatoms. The molecule has 0 saturated heterocycles. The number of aromatic carboxylic acids is 1. The minimum atomic E-state index is -3.71. The summed E-state index contributed by atoms with van der Waals surface area (Å²) in [6.45, 7) is 5.12. The van der Waals surface area contributed by atoms with E-state index >= 15 is 0 Å². The van der Waals surface area contributed by atoms with Crippen molar-refractivity contribution in [3.05, 3.63) is 24.0 Å². The lowest BCUT2D eigenvalue weighted by atomic mass is 10.1. The minimum absolute atomic E-state index is 0.151. The first-order valence-electron chi connectivity index (χ1n) is 5.10. The second-order valence-corrected chi connectivity index (χ2v) is 6.11. The molecule has 0 fully saturated rings. The lowest BCUT2D eigenvalue weighted by Gasteiger charge is -2.20. The van der Waals surface area contributed by atoms with Crippen LogP contribution < -0.4 is 9.44 Å². The Bertz CT molecular complexity index is 531. The molecule has 1 rings (SSSR count). The van der Waals surface area contributed by atoms with Gasteiger partial charge in [-0.15, -0.1) is 0 Å². The molecular weight excluding hydrogens is 258 g/mol.